The van der Waals surface area contributed by atoms with Gasteiger partial charge >= 0.3 is 0 Å². The second kappa shape index (κ2) is 7.38. The van der Waals surface area contributed by atoms with Crippen LogP contribution in [0.25, 0.3) is 0 Å². The molecule has 4 nitrogen and oxygen atoms in total. The van der Waals surface area contributed by atoms with Crippen LogP contribution in [0.4, 0.5) is 0 Å². The normalized spacial score (nSPS) is 13.7. The van der Waals surface area contributed by atoms with Gasteiger partial charge in [0.25, 0.3) is 0 Å². The average molecular weight is 312 g/mol. The minimum Gasteiger partial charge on any atom is -0.310 e. The molecule has 1 atom stereocenters. The summed E-state index contributed by atoms with van der Waals surface area (Å²) in [6.07, 6.45) is 0.770. The molecule has 0 fully saturated rings. The summed E-state index contributed by atoms with van der Waals surface area (Å²) in [6.45, 7) is 12.5. The number of benzene rings is 1. The molecular formula is C16H28N2O2S. The molecule has 0 spiro atoms. The summed E-state index contributed by atoms with van der Waals surface area (Å²) in [4.78, 5) is 0.383. The van der Waals surface area contributed by atoms with E-state index in [1.807, 2.05) is 33.8 Å². The second-order valence-electron chi connectivity index (χ2n) is 6.01. The van der Waals surface area contributed by atoms with Crippen molar-refractivity contribution in [1.82, 2.24) is 10.0 Å². The zero-order valence-electron chi connectivity index (χ0n) is 13.9. The van der Waals surface area contributed by atoms with E-state index >= 15 is 0 Å². The molecule has 0 saturated heterocycles. The van der Waals surface area contributed by atoms with Crippen molar-refractivity contribution in [3.8, 4) is 0 Å². The van der Waals surface area contributed by atoms with Crippen LogP contribution in [-0.2, 0) is 16.6 Å². The topological polar surface area (TPSA) is 58.2 Å². The molecule has 0 heterocycles. The lowest BCUT2D eigenvalue weighted by Crippen LogP contribution is -2.32. The number of sulfonamides is 1. The Bertz CT molecular complexity index is 580. The molecule has 2 N–H and O–H groups in total. The molecule has 0 bridgehead atoms. The first-order valence-corrected chi connectivity index (χ1v) is 9.01. The molecule has 1 aromatic rings. The van der Waals surface area contributed by atoms with Crippen LogP contribution >= 0.6 is 0 Å². The maximum atomic E-state index is 12.5. The van der Waals surface area contributed by atoms with Crippen LogP contribution in [0.5, 0.6) is 0 Å². The zero-order valence-corrected chi connectivity index (χ0v) is 14.8. The molecule has 0 radical (unpaired) electrons. The number of nitrogens with one attached hydrogen (secondary N) is 2. The summed E-state index contributed by atoms with van der Waals surface area (Å²) in [5.41, 5.74) is 2.93. The van der Waals surface area contributed by atoms with Gasteiger partial charge in [-0.25, -0.2) is 13.1 Å². The summed E-state index contributed by atoms with van der Waals surface area (Å²) in [5.74, 6) is 0. The molecule has 0 amide bonds. The van der Waals surface area contributed by atoms with Gasteiger partial charge < -0.3 is 5.32 Å². The van der Waals surface area contributed by atoms with Crippen molar-refractivity contribution in [2.45, 2.75) is 71.5 Å². The molecule has 0 saturated carbocycles. The molecule has 1 unspecified atom stereocenters. The van der Waals surface area contributed by atoms with Crippen LogP contribution in [0.1, 0.15) is 50.8 Å². The van der Waals surface area contributed by atoms with Crippen LogP contribution in [0.2, 0.25) is 0 Å². The van der Waals surface area contributed by atoms with Crippen LogP contribution in [0, 0.1) is 13.8 Å². The lowest BCUT2D eigenvalue weighted by atomic mass is 10.1. The summed E-state index contributed by atoms with van der Waals surface area (Å²) in [6, 6.07) is 4.05. The van der Waals surface area contributed by atoms with Gasteiger partial charge in [-0.2, -0.15) is 0 Å². The van der Waals surface area contributed by atoms with Gasteiger partial charge in [-0.1, -0.05) is 26.8 Å². The predicted molar refractivity (Wildman–Crippen MR) is 88.0 cm³/mol. The van der Waals surface area contributed by atoms with Crippen LogP contribution < -0.4 is 10.0 Å². The molecule has 5 heteroatoms. The van der Waals surface area contributed by atoms with Crippen molar-refractivity contribution < 1.29 is 8.42 Å². The highest BCUT2D eigenvalue weighted by Gasteiger charge is 2.20. The highest BCUT2D eigenvalue weighted by atomic mass is 32.2. The number of hydrogen-bond acceptors (Lipinski definition) is 3. The Hall–Kier alpha value is -0.910. The van der Waals surface area contributed by atoms with E-state index in [0.29, 0.717) is 17.5 Å². The quantitative estimate of drug-likeness (QED) is 0.814. The summed E-state index contributed by atoms with van der Waals surface area (Å²) >= 11 is 0. The Balaban J connectivity index is 3.15. The van der Waals surface area contributed by atoms with Gasteiger partial charge in [0.15, 0.2) is 0 Å². The molecule has 0 aromatic heterocycles. The lowest BCUT2D eigenvalue weighted by Gasteiger charge is -2.17. The largest absolute Gasteiger partial charge is 0.310 e. The van der Waals surface area contributed by atoms with Gasteiger partial charge in [0.2, 0.25) is 10.0 Å². The van der Waals surface area contributed by atoms with E-state index in [1.54, 1.807) is 6.07 Å². The summed E-state index contributed by atoms with van der Waals surface area (Å²) in [7, 11) is -3.46. The first kappa shape index (κ1) is 18.1. The van der Waals surface area contributed by atoms with E-state index in [-0.39, 0.29) is 6.04 Å². The van der Waals surface area contributed by atoms with Crippen molar-refractivity contribution in [2.24, 2.45) is 0 Å². The van der Waals surface area contributed by atoms with Gasteiger partial charge in [0.05, 0.1) is 4.90 Å². The van der Waals surface area contributed by atoms with Crippen LogP contribution in [0.3, 0.4) is 0 Å². The molecule has 120 valence electrons. The predicted octanol–water partition coefficient (Wildman–Crippen LogP) is 2.88. The monoisotopic (exact) mass is 312 g/mol. The van der Waals surface area contributed by atoms with Crippen molar-refractivity contribution in [2.75, 3.05) is 0 Å². The fourth-order valence-corrected chi connectivity index (χ4v) is 3.68. The molecule has 1 aromatic carbocycles. The van der Waals surface area contributed by atoms with E-state index in [0.717, 1.165) is 23.1 Å². The molecular weight excluding hydrogens is 284 g/mol. The van der Waals surface area contributed by atoms with Crippen LogP contribution in [0.15, 0.2) is 17.0 Å². The zero-order chi connectivity index (χ0) is 16.2. The van der Waals surface area contributed by atoms with E-state index in [9.17, 15) is 8.42 Å². The van der Waals surface area contributed by atoms with Gasteiger partial charge in [0, 0.05) is 18.6 Å². The van der Waals surface area contributed by atoms with Crippen LogP contribution in [-0.4, -0.2) is 20.5 Å². The van der Waals surface area contributed by atoms with Gasteiger partial charge in [0.1, 0.15) is 0 Å². The van der Waals surface area contributed by atoms with Crippen molar-refractivity contribution in [3.05, 3.63) is 28.8 Å². The van der Waals surface area contributed by atoms with Crippen molar-refractivity contribution in [1.29, 1.82) is 0 Å². The number of hydrogen-bond donors (Lipinski definition) is 2. The number of rotatable bonds is 7. The second-order valence-corrected chi connectivity index (χ2v) is 7.69. The molecule has 21 heavy (non-hydrogen) atoms. The van der Waals surface area contributed by atoms with E-state index < -0.39 is 10.0 Å². The first-order chi connectivity index (χ1) is 9.67. The average Bonchev–Trinajstić information content (AvgIpc) is 2.36. The highest BCUT2D eigenvalue weighted by molar-refractivity contribution is 7.89. The Morgan fingerprint density at radius 2 is 1.71 bits per heavy atom. The van der Waals surface area contributed by atoms with Crippen molar-refractivity contribution in [3.63, 3.8) is 0 Å². The van der Waals surface area contributed by atoms with E-state index in [1.165, 1.54) is 0 Å². The van der Waals surface area contributed by atoms with Gasteiger partial charge in [-0.15, -0.1) is 0 Å². The highest BCUT2D eigenvalue weighted by Crippen LogP contribution is 2.21. The summed E-state index contributed by atoms with van der Waals surface area (Å²) in [5, 5.41) is 3.34. The maximum absolute atomic E-state index is 12.5. The fourth-order valence-electron chi connectivity index (χ4n) is 2.08. The third-order valence-corrected chi connectivity index (χ3v) is 5.32. The van der Waals surface area contributed by atoms with Gasteiger partial charge in [-0.05, 0) is 49.9 Å². The molecule has 0 aliphatic carbocycles. The third-order valence-electron chi connectivity index (χ3n) is 3.59. The number of aryl methyl sites for hydroxylation is 2. The van der Waals surface area contributed by atoms with E-state index in [4.69, 9.17) is 0 Å². The Morgan fingerprint density at radius 3 is 2.24 bits per heavy atom. The van der Waals surface area contributed by atoms with Gasteiger partial charge in [-0.3, -0.25) is 0 Å². The molecule has 1 rings (SSSR count). The maximum Gasteiger partial charge on any atom is 0.241 e. The van der Waals surface area contributed by atoms with E-state index in [2.05, 4.69) is 23.9 Å². The standard InChI is InChI=1S/C16H28N2O2S/c1-7-14(6)18-21(19,20)16-9-15(10-17-11(2)3)12(4)8-13(16)5/h8-9,11,14,17-18H,7,10H2,1-6H3. The molecule has 0 aliphatic heterocycles. The third kappa shape index (κ3) is 5.09. The Kier molecular flexibility index (Phi) is 6.38. The SMILES string of the molecule is CCC(C)NS(=O)(=O)c1cc(CNC(C)C)c(C)cc1C. The van der Waals surface area contributed by atoms with Crippen molar-refractivity contribution >= 4 is 10.0 Å². The lowest BCUT2D eigenvalue weighted by molar-refractivity contribution is 0.554. The Morgan fingerprint density at radius 1 is 1.10 bits per heavy atom. The smallest absolute Gasteiger partial charge is 0.241 e. The first-order valence-electron chi connectivity index (χ1n) is 7.53. The minimum atomic E-state index is -3.46. The molecule has 0 aliphatic rings. The minimum absolute atomic E-state index is 0.0621. The Labute approximate surface area is 129 Å². The summed E-state index contributed by atoms with van der Waals surface area (Å²) < 4.78 is 27.7. The fraction of sp³-hybridized carbons (Fsp3) is 0.625.